The molecular weight excluding hydrogens is 242 g/mol. The fourth-order valence-electron chi connectivity index (χ4n) is 2.35. The average molecular weight is 269 g/mol. The molecule has 0 atom stereocenters. The van der Waals surface area contributed by atoms with Gasteiger partial charge in [-0.15, -0.1) is 0 Å². The van der Waals surface area contributed by atoms with Crippen molar-refractivity contribution in [3.8, 4) is 0 Å². The molecule has 0 unspecified atom stereocenters. The van der Waals surface area contributed by atoms with Crippen LogP contribution in [0.3, 0.4) is 0 Å². The molecule has 1 nitrogen and oxygen atoms in total. The van der Waals surface area contributed by atoms with Crippen LogP contribution >= 0.6 is 0 Å². The summed E-state index contributed by atoms with van der Waals surface area (Å²) in [5.74, 6) is 0. The van der Waals surface area contributed by atoms with Gasteiger partial charge in [-0.25, -0.2) is 0 Å². The first-order valence-corrected chi connectivity index (χ1v) is 7.37. The lowest BCUT2D eigenvalue weighted by Crippen LogP contribution is -2.11. The van der Waals surface area contributed by atoms with Crippen LogP contribution in [-0.4, -0.2) is 7.05 Å². The van der Waals surface area contributed by atoms with Gasteiger partial charge in [0.05, 0.1) is 0 Å². The van der Waals surface area contributed by atoms with E-state index in [9.17, 15) is 0 Å². The topological polar surface area (TPSA) is 3.24 Å². The van der Waals surface area contributed by atoms with E-state index in [1.165, 1.54) is 28.0 Å². The van der Waals surface area contributed by atoms with Gasteiger partial charge >= 0.3 is 0 Å². The van der Waals surface area contributed by atoms with Crippen molar-refractivity contribution >= 4 is 5.69 Å². The van der Waals surface area contributed by atoms with Crippen LogP contribution in [0.25, 0.3) is 0 Å². The molecule has 0 radical (unpaired) electrons. The summed E-state index contributed by atoms with van der Waals surface area (Å²) in [6.45, 7) is 12.6. The van der Waals surface area contributed by atoms with Crippen molar-refractivity contribution in [3.05, 3.63) is 65.4 Å². The Morgan fingerprint density at radius 2 is 2.00 bits per heavy atom. The highest BCUT2D eigenvalue weighted by molar-refractivity contribution is 5.57. The quantitative estimate of drug-likeness (QED) is 0.623. The molecule has 20 heavy (non-hydrogen) atoms. The molecule has 1 aromatic carbocycles. The van der Waals surface area contributed by atoms with Crippen molar-refractivity contribution in [3.63, 3.8) is 0 Å². The standard InChI is InChI=1S/C19H27N/c1-7-10-15(4)18(9-3)14-20(6)19-12-11-17(8-2)13-16(19)5/h9-14H,3,7-8H2,1-2,4-6H3/b15-10?,18-14+. The molecule has 0 aliphatic carbocycles. The van der Waals surface area contributed by atoms with Gasteiger partial charge in [-0.05, 0) is 55.0 Å². The van der Waals surface area contributed by atoms with E-state index in [4.69, 9.17) is 0 Å². The molecule has 1 aromatic rings. The highest BCUT2D eigenvalue weighted by Gasteiger charge is 2.04. The molecule has 0 aliphatic rings. The molecule has 0 aliphatic heterocycles. The Kier molecular flexibility index (Phi) is 6.30. The summed E-state index contributed by atoms with van der Waals surface area (Å²) in [6, 6.07) is 6.67. The van der Waals surface area contributed by atoms with E-state index in [-0.39, 0.29) is 0 Å². The van der Waals surface area contributed by atoms with Gasteiger partial charge in [0.2, 0.25) is 0 Å². The monoisotopic (exact) mass is 269 g/mol. The number of benzene rings is 1. The number of hydrogen-bond donors (Lipinski definition) is 0. The Labute approximate surface area is 124 Å². The Morgan fingerprint density at radius 1 is 1.30 bits per heavy atom. The van der Waals surface area contributed by atoms with Crippen molar-refractivity contribution in [1.29, 1.82) is 0 Å². The fourth-order valence-corrected chi connectivity index (χ4v) is 2.35. The van der Waals surface area contributed by atoms with Gasteiger partial charge in [0.15, 0.2) is 0 Å². The number of rotatable bonds is 6. The van der Waals surface area contributed by atoms with Gasteiger partial charge in [-0.2, -0.15) is 0 Å². The lowest BCUT2D eigenvalue weighted by Gasteiger charge is -2.19. The zero-order chi connectivity index (χ0) is 15.1. The Bertz CT molecular complexity index is 521. The minimum atomic E-state index is 1.05. The van der Waals surface area contributed by atoms with Gasteiger partial charge < -0.3 is 4.90 Å². The highest BCUT2D eigenvalue weighted by atomic mass is 15.1. The van der Waals surface area contributed by atoms with Crippen LogP contribution in [-0.2, 0) is 6.42 Å². The predicted octanol–water partition coefficient (Wildman–Crippen LogP) is 5.42. The zero-order valence-corrected chi connectivity index (χ0v) is 13.5. The van der Waals surface area contributed by atoms with Crippen molar-refractivity contribution in [2.45, 2.75) is 40.5 Å². The SMILES string of the molecule is C=C/C(=C\N(C)c1ccc(CC)cc1C)C(C)=CCC. The normalized spacial score (nSPS) is 12.4. The van der Waals surface area contributed by atoms with Gasteiger partial charge in [-0.3, -0.25) is 0 Å². The number of aryl methyl sites for hydroxylation is 2. The first kappa shape index (κ1) is 16.3. The molecule has 1 heteroatoms. The summed E-state index contributed by atoms with van der Waals surface area (Å²) < 4.78 is 0. The summed E-state index contributed by atoms with van der Waals surface area (Å²) in [7, 11) is 2.09. The van der Waals surface area contributed by atoms with Gasteiger partial charge in [0, 0.05) is 18.9 Å². The molecule has 0 bridgehead atoms. The Hall–Kier alpha value is -1.76. The first-order chi connectivity index (χ1) is 9.53. The third kappa shape index (κ3) is 4.12. The minimum absolute atomic E-state index is 1.05. The van der Waals surface area contributed by atoms with Crippen LogP contribution < -0.4 is 4.90 Å². The Balaban J connectivity index is 3.08. The summed E-state index contributed by atoms with van der Waals surface area (Å²) in [5, 5.41) is 0. The smallest absolute Gasteiger partial charge is 0.0433 e. The molecule has 108 valence electrons. The van der Waals surface area contributed by atoms with Crippen LogP contribution in [0.4, 0.5) is 5.69 Å². The van der Waals surface area contributed by atoms with E-state index in [1.807, 2.05) is 6.08 Å². The van der Waals surface area contributed by atoms with Crippen LogP contribution in [0.1, 0.15) is 38.3 Å². The third-order valence-electron chi connectivity index (χ3n) is 3.57. The maximum Gasteiger partial charge on any atom is 0.0433 e. The molecule has 0 amide bonds. The van der Waals surface area contributed by atoms with E-state index in [0.717, 1.165) is 12.8 Å². The number of anilines is 1. The van der Waals surface area contributed by atoms with Crippen LogP contribution in [0.5, 0.6) is 0 Å². The van der Waals surface area contributed by atoms with Crippen LogP contribution in [0.2, 0.25) is 0 Å². The predicted molar refractivity (Wildman–Crippen MR) is 91.3 cm³/mol. The third-order valence-corrected chi connectivity index (χ3v) is 3.57. The lowest BCUT2D eigenvalue weighted by molar-refractivity contribution is 1.11. The Morgan fingerprint density at radius 3 is 2.50 bits per heavy atom. The van der Waals surface area contributed by atoms with Gasteiger partial charge in [0.1, 0.15) is 0 Å². The molecule has 0 N–H and O–H groups in total. The summed E-state index contributed by atoms with van der Waals surface area (Å²) >= 11 is 0. The second kappa shape index (κ2) is 7.74. The molecule has 0 saturated heterocycles. The van der Waals surface area contributed by atoms with Crippen molar-refractivity contribution in [2.75, 3.05) is 11.9 Å². The lowest BCUT2D eigenvalue weighted by atomic mass is 10.1. The van der Waals surface area contributed by atoms with E-state index in [2.05, 4.69) is 76.7 Å². The summed E-state index contributed by atoms with van der Waals surface area (Å²) in [4.78, 5) is 2.18. The highest BCUT2D eigenvalue weighted by Crippen LogP contribution is 2.22. The second-order valence-electron chi connectivity index (χ2n) is 5.17. The molecule has 0 fully saturated rings. The van der Waals surface area contributed by atoms with Gasteiger partial charge in [-0.1, -0.05) is 44.7 Å². The minimum Gasteiger partial charge on any atom is -0.350 e. The summed E-state index contributed by atoms with van der Waals surface area (Å²) in [6.07, 6.45) is 8.44. The second-order valence-corrected chi connectivity index (χ2v) is 5.17. The van der Waals surface area contributed by atoms with E-state index < -0.39 is 0 Å². The maximum absolute atomic E-state index is 3.93. The molecular formula is C19H27N. The van der Waals surface area contributed by atoms with Gasteiger partial charge in [0.25, 0.3) is 0 Å². The first-order valence-electron chi connectivity index (χ1n) is 7.37. The maximum atomic E-state index is 3.93. The molecule has 0 heterocycles. The van der Waals surface area contributed by atoms with Crippen molar-refractivity contribution in [2.24, 2.45) is 0 Å². The molecule has 1 rings (SSSR count). The fraction of sp³-hybridized carbons (Fsp3) is 0.368. The van der Waals surface area contributed by atoms with E-state index >= 15 is 0 Å². The number of nitrogens with zero attached hydrogens (tertiary/aromatic N) is 1. The number of hydrogen-bond acceptors (Lipinski definition) is 1. The summed E-state index contributed by atoms with van der Waals surface area (Å²) in [5.41, 5.74) is 6.38. The number of allylic oxidation sites excluding steroid dienone is 4. The van der Waals surface area contributed by atoms with Crippen LogP contribution in [0, 0.1) is 6.92 Å². The molecule has 0 saturated carbocycles. The largest absolute Gasteiger partial charge is 0.350 e. The molecule has 0 aromatic heterocycles. The van der Waals surface area contributed by atoms with E-state index in [1.54, 1.807) is 0 Å². The van der Waals surface area contributed by atoms with E-state index in [0.29, 0.717) is 0 Å². The average Bonchev–Trinajstić information content (AvgIpc) is 2.44. The molecule has 0 spiro atoms. The zero-order valence-electron chi connectivity index (χ0n) is 13.5. The van der Waals surface area contributed by atoms with Crippen molar-refractivity contribution in [1.82, 2.24) is 0 Å². The van der Waals surface area contributed by atoms with Crippen LogP contribution in [0.15, 0.2) is 54.3 Å². The van der Waals surface area contributed by atoms with Crippen molar-refractivity contribution < 1.29 is 0 Å².